The van der Waals surface area contributed by atoms with E-state index in [1.165, 1.54) is 4.90 Å². The van der Waals surface area contributed by atoms with Crippen molar-refractivity contribution < 1.29 is 14.7 Å². The Morgan fingerprint density at radius 1 is 1.35 bits per heavy atom. The second-order valence-corrected chi connectivity index (χ2v) is 5.74. The molecule has 6 heteroatoms. The van der Waals surface area contributed by atoms with Crippen LogP contribution in [0.4, 0.5) is 10.5 Å². The van der Waals surface area contributed by atoms with E-state index in [4.69, 9.17) is 5.11 Å². The first-order valence-electron chi connectivity index (χ1n) is 6.43. The van der Waals surface area contributed by atoms with E-state index < -0.39 is 12.0 Å². The fourth-order valence-electron chi connectivity index (χ4n) is 2.51. The third-order valence-electron chi connectivity index (χ3n) is 3.50. The maximum atomic E-state index is 12.2. The monoisotopic (exact) mass is 290 g/mol. The van der Waals surface area contributed by atoms with Gasteiger partial charge in [0, 0.05) is 16.9 Å². The summed E-state index contributed by atoms with van der Waals surface area (Å²) in [5.41, 5.74) is 0.692. The number of carboxylic acids is 1. The van der Waals surface area contributed by atoms with Crippen molar-refractivity contribution in [1.29, 1.82) is 0 Å². The van der Waals surface area contributed by atoms with Gasteiger partial charge in [-0.1, -0.05) is 0 Å². The van der Waals surface area contributed by atoms with Gasteiger partial charge < -0.3 is 15.3 Å². The van der Waals surface area contributed by atoms with Gasteiger partial charge in [0.15, 0.2) is 0 Å². The Bertz CT molecular complexity index is 667. The molecule has 1 aliphatic heterocycles. The molecule has 20 heavy (non-hydrogen) atoms. The summed E-state index contributed by atoms with van der Waals surface area (Å²) in [6, 6.07) is 6.63. The molecular formula is C14H14N2O3S. The highest BCUT2D eigenvalue weighted by molar-refractivity contribution is 7.17. The number of anilines is 1. The topological polar surface area (TPSA) is 69.6 Å². The van der Waals surface area contributed by atoms with Crippen molar-refractivity contribution >= 4 is 39.1 Å². The van der Waals surface area contributed by atoms with E-state index in [1.807, 2.05) is 29.6 Å². The van der Waals surface area contributed by atoms with Crippen LogP contribution in [0.25, 0.3) is 10.1 Å². The molecule has 1 aliphatic rings. The number of thiophene rings is 1. The Labute approximate surface area is 119 Å². The molecule has 0 spiro atoms. The predicted molar refractivity (Wildman–Crippen MR) is 78.2 cm³/mol. The summed E-state index contributed by atoms with van der Waals surface area (Å²) in [6.07, 6.45) is 1.25. The number of rotatable bonds is 2. The number of hydrogen-bond donors (Lipinski definition) is 2. The number of urea groups is 1. The minimum atomic E-state index is -0.939. The summed E-state index contributed by atoms with van der Waals surface area (Å²) >= 11 is 1.64. The van der Waals surface area contributed by atoms with Crippen LogP contribution in [0.2, 0.25) is 0 Å². The summed E-state index contributed by atoms with van der Waals surface area (Å²) in [5.74, 6) is -0.939. The van der Waals surface area contributed by atoms with Crippen molar-refractivity contribution in [3.05, 3.63) is 29.6 Å². The van der Waals surface area contributed by atoms with Gasteiger partial charge in [0.25, 0.3) is 0 Å². The zero-order valence-electron chi connectivity index (χ0n) is 10.7. The molecule has 1 aromatic carbocycles. The van der Waals surface area contributed by atoms with Crippen LogP contribution in [0, 0.1) is 0 Å². The van der Waals surface area contributed by atoms with E-state index in [-0.39, 0.29) is 6.03 Å². The Hall–Kier alpha value is -2.08. The zero-order valence-corrected chi connectivity index (χ0v) is 11.5. The van der Waals surface area contributed by atoms with E-state index in [0.29, 0.717) is 18.7 Å². The molecule has 1 atom stereocenters. The molecule has 5 nitrogen and oxygen atoms in total. The van der Waals surface area contributed by atoms with Gasteiger partial charge in [-0.2, -0.15) is 0 Å². The predicted octanol–water partition coefficient (Wildman–Crippen LogP) is 2.98. The van der Waals surface area contributed by atoms with Crippen molar-refractivity contribution in [2.45, 2.75) is 18.9 Å². The number of nitrogens with one attached hydrogen (secondary N) is 1. The number of carbonyl (C=O) groups excluding carboxylic acids is 1. The molecule has 0 aliphatic carbocycles. The Kier molecular flexibility index (Phi) is 3.31. The molecule has 2 amide bonds. The molecule has 3 rings (SSSR count). The van der Waals surface area contributed by atoms with E-state index in [1.54, 1.807) is 11.3 Å². The van der Waals surface area contributed by atoms with Gasteiger partial charge in [0.05, 0.1) is 0 Å². The number of likely N-dealkylation sites (tertiary alicyclic amines) is 1. The maximum absolute atomic E-state index is 12.2. The number of amides is 2. The van der Waals surface area contributed by atoms with Crippen molar-refractivity contribution in [2.75, 3.05) is 11.9 Å². The van der Waals surface area contributed by atoms with Crippen molar-refractivity contribution in [3.8, 4) is 0 Å². The van der Waals surface area contributed by atoms with Crippen LogP contribution in [0.5, 0.6) is 0 Å². The average Bonchev–Trinajstić information content (AvgIpc) is 3.06. The normalized spacial score (nSPS) is 18.4. The largest absolute Gasteiger partial charge is 0.480 e. The highest BCUT2D eigenvalue weighted by atomic mass is 32.1. The number of fused-ring (bicyclic) bond motifs is 1. The molecule has 2 heterocycles. The summed E-state index contributed by atoms with van der Waals surface area (Å²) in [7, 11) is 0. The van der Waals surface area contributed by atoms with Gasteiger partial charge >= 0.3 is 12.0 Å². The van der Waals surface area contributed by atoms with Crippen molar-refractivity contribution in [1.82, 2.24) is 4.90 Å². The highest BCUT2D eigenvalue weighted by Crippen LogP contribution is 2.25. The third-order valence-corrected chi connectivity index (χ3v) is 4.40. The van der Waals surface area contributed by atoms with Crippen LogP contribution in [0.1, 0.15) is 12.8 Å². The Morgan fingerprint density at radius 3 is 3.00 bits per heavy atom. The third kappa shape index (κ3) is 2.34. The van der Waals surface area contributed by atoms with Gasteiger partial charge in [-0.05, 0) is 47.9 Å². The standard InChI is InChI=1S/C14H14N2O3S/c17-13(18)11-2-1-6-16(11)14(19)15-10-3-4-12-9(8-10)5-7-20-12/h3-5,7-8,11H,1-2,6H2,(H,15,19)(H,17,18)/t11-/m1/s1. The van der Waals surface area contributed by atoms with Crippen LogP contribution in [0.15, 0.2) is 29.6 Å². The molecule has 0 bridgehead atoms. The summed E-state index contributed by atoms with van der Waals surface area (Å²) < 4.78 is 1.16. The number of benzene rings is 1. The fraction of sp³-hybridized carbons (Fsp3) is 0.286. The number of carbonyl (C=O) groups is 2. The van der Waals surface area contributed by atoms with E-state index in [0.717, 1.165) is 16.5 Å². The second kappa shape index (κ2) is 5.13. The molecule has 1 fully saturated rings. The van der Waals surface area contributed by atoms with Gasteiger partial charge in [-0.15, -0.1) is 11.3 Å². The molecule has 0 unspecified atom stereocenters. The van der Waals surface area contributed by atoms with E-state index in [2.05, 4.69) is 5.32 Å². The molecule has 2 N–H and O–H groups in total. The number of nitrogens with zero attached hydrogens (tertiary/aromatic N) is 1. The average molecular weight is 290 g/mol. The van der Waals surface area contributed by atoms with Crippen LogP contribution in [0.3, 0.4) is 0 Å². The first-order valence-corrected chi connectivity index (χ1v) is 7.31. The van der Waals surface area contributed by atoms with Crippen LogP contribution in [-0.4, -0.2) is 34.6 Å². The van der Waals surface area contributed by atoms with Crippen LogP contribution < -0.4 is 5.32 Å². The van der Waals surface area contributed by atoms with Crippen molar-refractivity contribution in [3.63, 3.8) is 0 Å². The van der Waals surface area contributed by atoms with Gasteiger partial charge in [-0.3, -0.25) is 0 Å². The quantitative estimate of drug-likeness (QED) is 0.893. The molecular weight excluding hydrogens is 276 g/mol. The van der Waals surface area contributed by atoms with Gasteiger partial charge in [0.2, 0.25) is 0 Å². The summed E-state index contributed by atoms with van der Waals surface area (Å²) in [5, 5.41) is 14.9. The van der Waals surface area contributed by atoms with Gasteiger partial charge in [0.1, 0.15) is 6.04 Å². The number of aliphatic carboxylic acids is 1. The minimum Gasteiger partial charge on any atom is -0.480 e. The number of carboxylic acid groups (broad SMARTS) is 1. The lowest BCUT2D eigenvalue weighted by molar-refractivity contribution is -0.141. The zero-order chi connectivity index (χ0) is 14.1. The first kappa shape index (κ1) is 12.9. The minimum absolute atomic E-state index is 0.343. The lowest BCUT2D eigenvalue weighted by Gasteiger charge is -2.21. The molecule has 1 aromatic heterocycles. The van der Waals surface area contributed by atoms with Gasteiger partial charge in [-0.25, -0.2) is 9.59 Å². The first-order chi connectivity index (χ1) is 9.65. The smallest absolute Gasteiger partial charge is 0.326 e. The fourth-order valence-corrected chi connectivity index (χ4v) is 3.28. The Balaban J connectivity index is 1.76. The van der Waals surface area contributed by atoms with Crippen LogP contribution in [-0.2, 0) is 4.79 Å². The van der Waals surface area contributed by atoms with E-state index >= 15 is 0 Å². The lowest BCUT2D eigenvalue weighted by Crippen LogP contribution is -2.42. The molecule has 1 saturated heterocycles. The lowest BCUT2D eigenvalue weighted by atomic mass is 10.2. The Morgan fingerprint density at radius 2 is 2.20 bits per heavy atom. The second-order valence-electron chi connectivity index (χ2n) is 4.79. The van der Waals surface area contributed by atoms with Crippen molar-refractivity contribution in [2.24, 2.45) is 0 Å². The maximum Gasteiger partial charge on any atom is 0.326 e. The molecule has 2 aromatic rings. The molecule has 0 radical (unpaired) electrons. The molecule has 0 saturated carbocycles. The summed E-state index contributed by atoms with van der Waals surface area (Å²) in [4.78, 5) is 24.6. The summed E-state index contributed by atoms with van der Waals surface area (Å²) in [6.45, 7) is 0.490. The van der Waals surface area contributed by atoms with Crippen LogP contribution >= 0.6 is 11.3 Å². The number of hydrogen-bond acceptors (Lipinski definition) is 3. The SMILES string of the molecule is O=C(O)[C@H]1CCCN1C(=O)Nc1ccc2sccc2c1. The highest BCUT2D eigenvalue weighted by Gasteiger charge is 2.33. The molecule has 104 valence electrons. The van der Waals surface area contributed by atoms with E-state index in [9.17, 15) is 9.59 Å².